The van der Waals surface area contributed by atoms with Gasteiger partial charge in [-0.25, -0.2) is 21.8 Å². The van der Waals surface area contributed by atoms with Gasteiger partial charge in [-0.2, -0.15) is 4.31 Å². The SMILES string of the molecule is O=C(CSc1nc2cc(S(=O)(=O)N3CCOCC3)ccc2o1)N[C@@H]1CCS(=O)(=O)C1. The fourth-order valence-electron chi connectivity index (χ4n) is 3.35. The second-order valence-corrected chi connectivity index (χ2v) is 12.2. The molecule has 1 N–H and O–H groups in total. The van der Waals surface area contributed by atoms with Crippen molar-refractivity contribution < 1.29 is 30.8 Å². The van der Waals surface area contributed by atoms with E-state index in [1.165, 1.54) is 16.4 Å². The molecule has 13 heteroatoms. The van der Waals surface area contributed by atoms with E-state index in [1.807, 2.05) is 0 Å². The van der Waals surface area contributed by atoms with Gasteiger partial charge in [0.15, 0.2) is 15.4 Å². The lowest BCUT2D eigenvalue weighted by atomic mass is 10.3. The number of ether oxygens (including phenoxy) is 1. The van der Waals surface area contributed by atoms with Crippen molar-refractivity contribution in [1.82, 2.24) is 14.6 Å². The highest BCUT2D eigenvalue weighted by Gasteiger charge is 2.29. The lowest BCUT2D eigenvalue weighted by Crippen LogP contribution is -2.40. The molecule has 1 atom stereocenters. The maximum atomic E-state index is 12.8. The van der Waals surface area contributed by atoms with Gasteiger partial charge in [0.2, 0.25) is 15.9 Å². The fraction of sp³-hybridized carbons (Fsp3) is 0.529. The van der Waals surface area contributed by atoms with E-state index in [9.17, 15) is 21.6 Å². The average molecular weight is 476 g/mol. The standard InChI is InChI=1S/C17H21N3O7S3/c21-16(18-12-3-8-29(22,23)11-12)10-28-17-19-14-9-13(1-2-15(14)27-17)30(24,25)20-4-6-26-7-5-20/h1-2,9,12H,3-8,10-11H2,(H,18,21)/t12-/m1/s1. The number of thioether (sulfide) groups is 1. The van der Waals surface area contributed by atoms with Crippen molar-refractivity contribution in [3.63, 3.8) is 0 Å². The molecule has 2 saturated heterocycles. The number of nitrogens with one attached hydrogen (secondary N) is 1. The van der Waals surface area contributed by atoms with Crippen LogP contribution in [0.4, 0.5) is 0 Å². The van der Waals surface area contributed by atoms with Crippen molar-refractivity contribution in [1.29, 1.82) is 0 Å². The molecule has 4 rings (SSSR count). The molecule has 2 fully saturated rings. The monoisotopic (exact) mass is 475 g/mol. The molecule has 1 aromatic carbocycles. The molecule has 10 nitrogen and oxygen atoms in total. The molecular formula is C17H21N3O7S3. The Kier molecular flexibility index (Phi) is 6.08. The quantitative estimate of drug-likeness (QED) is 0.583. The van der Waals surface area contributed by atoms with E-state index in [0.717, 1.165) is 11.8 Å². The first-order valence-electron chi connectivity index (χ1n) is 9.34. The summed E-state index contributed by atoms with van der Waals surface area (Å²) in [5, 5.41) is 2.94. The van der Waals surface area contributed by atoms with E-state index in [0.29, 0.717) is 43.8 Å². The van der Waals surface area contributed by atoms with Gasteiger partial charge in [0.1, 0.15) is 5.52 Å². The molecule has 0 spiro atoms. The van der Waals surface area contributed by atoms with Crippen molar-refractivity contribution in [2.24, 2.45) is 0 Å². The molecule has 3 heterocycles. The zero-order valence-electron chi connectivity index (χ0n) is 15.9. The van der Waals surface area contributed by atoms with Gasteiger partial charge >= 0.3 is 0 Å². The van der Waals surface area contributed by atoms with Crippen LogP contribution in [0.1, 0.15) is 6.42 Å². The highest BCUT2D eigenvalue weighted by molar-refractivity contribution is 7.99. The minimum Gasteiger partial charge on any atom is -0.431 e. The van der Waals surface area contributed by atoms with Gasteiger partial charge in [0.25, 0.3) is 5.22 Å². The summed E-state index contributed by atoms with van der Waals surface area (Å²) in [5.41, 5.74) is 0.801. The van der Waals surface area contributed by atoms with Gasteiger partial charge in [-0.05, 0) is 24.6 Å². The summed E-state index contributed by atoms with van der Waals surface area (Å²) in [6.45, 7) is 1.33. The summed E-state index contributed by atoms with van der Waals surface area (Å²) in [5.74, 6) is -0.235. The van der Waals surface area contributed by atoms with Gasteiger partial charge in [-0.15, -0.1) is 0 Å². The van der Waals surface area contributed by atoms with E-state index in [1.54, 1.807) is 6.07 Å². The molecule has 0 bridgehead atoms. The van der Waals surface area contributed by atoms with Crippen LogP contribution in [0.15, 0.2) is 32.7 Å². The maximum absolute atomic E-state index is 12.8. The number of sulfone groups is 1. The Morgan fingerprint density at radius 2 is 2.07 bits per heavy atom. The Balaban J connectivity index is 1.40. The Bertz CT molecular complexity index is 1150. The number of sulfonamides is 1. The number of carbonyl (C=O) groups is 1. The first-order valence-corrected chi connectivity index (χ1v) is 13.6. The number of morpholine rings is 1. The zero-order chi connectivity index (χ0) is 21.4. The second kappa shape index (κ2) is 8.46. The predicted molar refractivity (Wildman–Crippen MR) is 110 cm³/mol. The molecule has 2 aliphatic rings. The lowest BCUT2D eigenvalue weighted by Gasteiger charge is -2.25. The van der Waals surface area contributed by atoms with E-state index >= 15 is 0 Å². The van der Waals surface area contributed by atoms with Crippen LogP contribution in [0.3, 0.4) is 0 Å². The smallest absolute Gasteiger partial charge is 0.257 e. The van der Waals surface area contributed by atoms with Gasteiger partial charge in [0, 0.05) is 19.1 Å². The topological polar surface area (TPSA) is 136 Å². The maximum Gasteiger partial charge on any atom is 0.257 e. The normalized spacial score (nSPS) is 22.3. The second-order valence-electron chi connectivity index (χ2n) is 7.08. The number of carbonyl (C=O) groups excluding carboxylic acids is 1. The first-order chi connectivity index (χ1) is 14.2. The van der Waals surface area contributed by atoms with Gasteiger partial charge in [-0.1, -0.05) is 11.8 Å². The Morgan fingerprint density at radius 3 is 2.77 bits per heavy atom. The molecule has 164 valence electrons. The number of oxazole rings is 1. The van der Waals surface area contributed by atoms with Crippen LogP contribution in [0.5, 0.6) is 0 Å². The van der Waals surface area contributed by atoms with E-state index in [2.05, 4.69) is 10.3 Å². The van der Waals surface area contributed by atoms with Gasteiger partial charge in [-0.3, -0.25) is 4.79 Å². The summed E-state index contributed by atoms with van der Waals surface area (Å²) in [4.78, 5) is 16.5. The number of benzene rings is 1. The van der Waals surface area contributed by atoms with Gasteiger partial charge < -0.3 is 14.5 Å². The molecule has 2 aliphatic heterocycles. The molecule has 1 aromatic heterocycles. The zero-order valence-corrected chi connectivity index (χ0v) is 18.4. The number of amides is 1. The van der Waals surface area contributed by atoms with Crippen LogP contribution < -0.4 is 5.32 Å². The highest BCUT2D eigenvalue weighted by Crippen LogP contribution is 2.27. The Morgan fingerprint density at radius 1 is 1.30 bits per heavy atom. The fourth-order valence-corrected chi connectivity index (χ4v) is 7.10. The number of nitrogens with zero attached hydrogens (tertiary/aromatic N) is 2. The summed E-state index contributed by atoms with van der Waals surface area (Å²) in [6, 6.07) is 4.11. The number of fused-ring (bicyclic) bond motifs is 1. The van der Waals surface area contributed by atoms with Crippen molar-refractivity contribution >= 4 is 48.6 Å². The third-order valence-corrected chi connectivity index (χ3v) is 9.36. The highest BCUT2D eigenvalue weighted by atomic mass is 32.2. The summed E-state index contributed by atoms with van der Waals surface area (Å²) in [6.07, 6.45) is 0.419. The van der Waals surface area contributed by atoms with Crippen molar-refractivity contribution in [3.8, 4) is 0 Å². The van der Waals surface area contributed by atoms with Gasteiger partial charge in [0.05, 0.1) is 35.4 Å². The molecule has 30 heavy (non-hydrogen) atoms. The third-order valence-electron chi connectivity index (χ3n) is 4.87. The predicted octanol–water partition coefficient (Wildman–Crippen LogP) is 0.244. The molecular weight excluding hydrogens is 454 g/mol. The molecule has 0 aliphatic carbocycles. The van der Waals surface area contributed by atoms with Crippen LogP contribution in [-0.2, 0) is 29.4 Å². The Hall–Kier alpha value is -1.67. The van der Waals surface area contributed by atoms with Crippen molar-refractivity contribution in [2.45, 2.75) is 22.6 Å². The van der Waals surface area contributed by atoms with E-state index in [-0.39, 0.29) is 39.3 Å². The summed E-state index contributed by atoms with van der Waals surface area (Å²) >= 11 is 1.06. The number of rotatable bonds is 6. The lowest BCUT2D eigenvalue weighted by molar-refractivity contribution is -0.119. The van der Waals surface area contributed by atoms with Crippen molar-refractivity contribution in [3.05, 3.63) is 18.2 Å². The molecule has 0 unspecified atom stereocenters. The molecule has 0 saturated carbocycles. The summed E-state index contributed by atoms with van der Waals surface area (Å²) < 4.78 is 60.6. The number of aromatic nitrogens is 1. The average Bonchev–Trinajstić information content (AvgIpc) is 3.28. The molecule has 2 aromatic rings. The largest absolute Gasteiger partial charge is 0.431 e. The summed E-state index contributed by atoms with van der Waals surface area (Å²) in [7, 11) is -6.70. The number of hydrogen-bond donors (Lipinski definition) is 1. The van der Waals surface area contributed by atoms with Crippen LogP contribution in [-0.4, -0.2) is 81.6 Å². The third kappa shape index (κ3) is 4.80. The van der Waals surface area contributed by atoms with Crippen LogP contribution in [0.25, 0.3) is 11.1 Å². The van der Waals surface area contributed by atoms with E-state index in [4.69, 9.17) is 9.15 Å². The minimum absolute atomic E-state index is 0.0162. The Labute approximate surface area is 178 Å². The number of hydrogen-bond acceptors (Lipinski definition) is 9. The molecule has 1 amide bonds. The van der Waals surface area contributed by atoms with Crippen molar-refractivity contribution in [2.75, 3.05) is 43.6 Å². The van der Waals surface area contributed by atoms with E-state index < -0.39 is 19.9 Å². The first kappa shape index (κ1) is 21.6. The minimum atomic E-state index is -3.64. The van der Waals surface area contributed by atoms with Crippen LogP contribution in [0.2, 0.25) is 0 Å². The molecule has 0 radical (unpaired) electrons. The van der Waals surface area contributed by atoms with Crippen LogP contribution >= 0.6 is 11.8 Å². The van der Waals surface area contributed by atoms with Crippen LogP contribution in [0, 0.1) is 0 Å².